The van der Waals surface area contributed by atoms with E-state index >= 15 is 0 Å². The number of amides is 1. The molecular formula is C18H22ClNO3. The summed E-state index contributed by atoms with van der Waals surface area (Å²) in [6, 6.07) is 7.48. The van der Waals surface area contributed by atoms with Gasteiger partial charge < -0.3 is 9.64 Å². The molecule has 1 aromatic rings. The Kier molecular flexibility index (Phi) is 6.66. The summed E-state index contributed by atoms with van der Waals surface area (Å²) in [6.07, 6.45) is 7.02. The average Bonchev–Trinajstić information content (AvgIpc) is 2.58. The third kappa shape index (κ3) is 5.10. The second-order valence-electron chi connectivity index (χ2n) is 5.61. The van der Waals surface area contributed by atoms with Gasteiger partial charge in [-0.25, -0.2) is 4.79 Å². The Labute approximate surface area is 142 Å². The highest BCUT2D eigenvalue weighted by molar-refractivity contribution is 6.32. The maximum absolute atomic E-state index is 12.2. The Morgan fingerprint density at radius 3 is 2.87 bits per heavy atom. The van der Waals surface area contributed by atoms with Crippen LogP contribution in [0.15, 0.2) is 30.3 Å². The fourth-order valence-electron chi connectivity index (χ4n) is 2.79. The van der Waals surface area contributed by atoms with E-state index in [0.29, 0.717) is 5.02 Å². The molecule has 1 aliphatic heterocycles. The Morgan fingerprint density at radius 2 is 2.13 bits per heavy atom. The van der Waals surface area contributed by atoms with Crippen LogP contribution in [-0.4, -0.2) is 36.0 Å². The van der Waals surface area contributed by atoms with Gasteiger partial charge in [0.25, 0.3) is 5.91 Å². The fraction of sp³-hybridized carbons (Fsp3) is 0.444. The molecule has 2 rings (SSSR count). The van der Waals surface area contributed by atoms with E-state index in [9.17, 15) is 9.59 Å². The predicted octanol–water partition coefficient (Wildman–Crippen LogP) is 3.69. The van der Waals surface area contributed by atoms with Gasteiger partial charge in [-0.3, -0.25) is 4.79 Å². The number of halogens is 1. The molecule has 23 heavy (non-hydrogen) atoms. The first kappa shape index (κ1) is 17.5. The molecule has 0 saturated carbocycles. The van der Waals surface area contributed by atoms with Crippen LogP contribution in [0.5, 0.6) is 0 Å². The number of ether oxygens (including phenoxy) is 1. The molecule has 1 unspecified atom stereocenters. The molecule has 0 aromatic heterocycles. The molecule has 124 valence electrons. The first-order chi connectivity index (χ1) is 11.1. The van der Waals surface area contributed by atoms with Crippen molar-refractivity contribution in [3.05, 3.63) is 40.9 Å². The van der Waals surface area contributed by atoms with Gasteiger partial charge in [-0.2, -0.15) is 0 Å². The van der Waals surface area contributed by atoms with Crippen LogP contribution in [0.2, 0.25) is 5.02 Å². The number of hydrogen-bond donors (Lipinski definition) is 0. The summed E-state index contributed by atoms with van der Waals surface area (Å²) in [5, 5.41) is 0.562. The van der Waals surface area contributed by atoms with Crippen LogP contribution in [-0.2, 0) is 14.3 Å². The molecule has 1 saturated heterocycles. The third-order valence-corrected chi connectivity index (χ3v) is 4.41. The Bertz CT molecular complexity index is 585. The van der Waals surface area contributed by atoms with Crippen molar-refractivity contribution in [1.29, 1.82) is 0 Å². The highest BCUT2D eigenvalue weighted by Crippen LogP contribution is 2.19. The van der Waals surface area contributed by atoms with E-state index in [1.165, 1.54) is 6.08 Å². The van der Waals surface area contributed by atoms with Crippen LogP contribution in [0.3, 0.4) is 0 Å². The second kappa shape index (κ2) is 8.73. The van der Waals surface area contributed by atoms with Crippen LogP contribution in [0.1, 0.15) is 38.2 Å². The van der Waals surface area contributed by atoms with Crippen LogP contribution < -0.4 is 0 Å². The molecule has 0 radical (unpaired) electrons. The van der Waals surface area contributed by atoms with Crippen molar-refractivity contribution in [3.63, 3.8) is 0 Å². The molecule has 1 aliphatic rings. The summed E-state index contributed by atoms with van der Waals surface area (Å²) in [6.45, 7) is 2.63. The lowest BCUT2D eigenvalue weighted by Gasteiger charge is -2.35. The zero-order valence-electron chi connectivity index (χ0n) is 13.3. The van der Waals surface area contributed by atoms with Crippen LogP contribution >= 0.6 is 11.6 Å². The standard InChI is InChI=1S/C18H22ClNO3/c1-2-15-8-5-6-12-20(15)17(21)13-23-18(22)11-10-14-7-3-4-9-16(14)19/h3-4,7,9-11,15H,2,5-6,8,12-13H2,1H3/b11-10+. The van der Waals surface area contributed by atoms with Crippen molar-refractivity contribution < 1.29 is 14.3 Å². The molecule has 5 heteroatoms. The largest absolute Gasteiger partial charge is 0.452 e. The number of esters is 1. The average molecular weight is 336 g/mol. The minimum Gasteiger partial charge on any atom is -0.452 e. The SMILES string of the molecule is CCC1CCCCN1C(=O)COC(=O)/C=C/c1ccccc1Cl. The molecule has 0 aliphatic carbocycles. The molecule has 1 fully saturated rings. The third-order valence-electron chi connectivity index (χ3n) is 4.06. The van der Waals surface area contributed by atoms with Crippen molar-refractivity contribution in [2.45, 2.75) is 38.6 Å². The number of piperidine rings is 1. The molecule has 0 N–H and O–H groups in total. The van der Waals surface area contributed by atoms with Gasteiger partial charge in [0.1, 0.15) is 0 Å². The van der Waals surface area contributed by atoms with E-state index in [1.807, 2.05) is 17.0 Å². The minimum absolute atomic E-state index is 0.115. The number of rotatable bonds is 5. The predicted molar refractivity (Wildman–Crippen MR) is 91.1 cm³/mol. The maximum Gasteiger partial charge on any atom is 0.331 e. The summed E-state index contributed by atoms with van der Waals surface area (Å²) >= 11 is 6.00. The van der Waals surface area contributed by atoms with E-state index < -0.39 is 5.97 Å². The summed E-state index contributed by atoms with van der Waals surface area (Å²) in [4.78, 5) is 25.8. The molecular weight excluding hydrogens is 314 g/mol. The zero-order valence-corrected chi connectivity index (χ0v) is 14.1. The maximum atomic E-state index is 12.2. The van der Waals surface area contributed by atoms with Crippen LogP contribution in [0, 0.1) is 0 Å². The van der Waals surface area contributed by atoms with Crippen LogP contribution in [0.25, 0.3) is 6.08 Å². The lowest BCUT2D eigenvalue weighted by Crippen LogP contribution is -2.45. The van der Waals surface area contributed by atoms with Crippen molar-refractivity contribution in [2.24, 2.45) is 0 Å². The fourth-order valence-corrected chi connectivity index (χ4v) is 2.98. The number of nitrogens with zero attached hydrogens (tertiary/aromatic N) is 1. The lowest BCUT2D eigenvalue weighted by molar-refractivity contribution is -0.150. The van der Waals surface area contributed by atoms with E-state index in [1.54, 1.807) is 18.2 Å². The summed E-state index contributed by atoms with van der Waals surface area (Å²) in [7, 11) is 0. The van der Waals surface area contributed by atoms with Gasteiger partial charge >= 0.3 is 5.97 Å². The van der Waals surface area contributed by atoms with E-state index in [0.717, 1.165) is 37.8 Å². The first-order valence-corrected chi connectivity index (χ1v) is 8.38. The number of benzene rings is 1. The molecule has 1 atom stereocenters. The summed E-state index contributed by atoms with van der Waals surface area (Å²) < 4.78 is 5.05. The van der Waals surface area contributed by atoms with Crippen molar-refractivity contribution in [1.82, 2.24) is 4.90 Å². The molecule has 1 amide bonds. The summed E-state index contributed by atoms with van der Waals surface area (Å²) in [5.41, 5.74) is 0.736. The molecule has 4 nitrogen and oxygen atoms in total. The quantitative estimate of drug-likeness (QED) is 0.609. The number of carbonyl (C=O) groups excluding carboxylic acids is 2. The highest BCUT2D eigenvalue weighted by Gasteiger charge is 2.25. The number of likely N-dealkylation sites (tertiary alicyclic amines) is 1. The van der Waals surface area contributed by atoms with E-state index in [4.69, 9.17) is 16.3 Å². The van der Waals surface area contributed by atoms with E-state index in [-0.39, 0.29) is 18.6 Å². The lowest BCUT2D eigenvalue weighted by atomic mass is 10.00. The van der Waals surface area contributed by atoms with Gasteiger partial charge in [-0.15, -0.1) is 0 Å². The molecule has 1 heterocycles. The van der Waals surface area contributed by atoms with Crippen LogP contribution in [0.4, 0.5) is 0 Å². The van der Waals surface area contributed by atoms with Gasteiger partial charge in [-0.1, -0.05) is 36.7 Å². The summed E-state index contributed by atoms with van der Waals surface area (Å²) in [5.74, 6) is -0.653. The normalized spacial score (nSPS) is 18.2. The van der Waals surface area contributed by atoms with Gasteiger partial charge in [-0.05, 0) is 43.4 Å². The number of carbonyl (C=O) groups is 2. The monoisotopic (exact) mass is 335 g/mol. The van der Waals surface area contributed by atoms with Crippen molar-refractivity contribution in [3.8, 4) is 0 Å². The zero-order chi connectivity index (χ0) is 16.7. The first-order valence-electron chi connectivity index (χ1n) is 8.00. The smallest absolute Gasteiger partial charge is 0.331 e. The van der Waals surface area contributed by atoms with Gasteiger partial charge in [0, 0.05) is 23.7 Å². The van der Waals surface area contributed by atoms with Gasteiger partial charge in [0.05, 0.1) is 0 Å². The molecule has 0 bridgehead atoms. The topological polar surface area (TPSA) is 46.6 Å². The van der Waals surface area contributed by atoms with Gasteiger partial charge in [0.15, 0.2) is 6.61 Å². The Hall–Kier alpha value is -1.81. The Morgan fingerprint density at radius 1 is 1.35 bits per heavy atom. The molecule has 1 aromatic carbocycles. The second-order valence-corrected chi connectivity index (χ2v) is 6.01. The highest BCUT2D eigenvalue weighted by atomic mass is 35.5. The molecule has 0 spiro atoms. The van der Waals surface area contributed by atoms with Gasteiger partial charge in [0.2, 0.25) is 0 Å². The van der Waals surface area contributed by atoms with Crippen molar-refractivity contribution >= 4 is 29.6 Å². The number of hydrogen-bond acceptors (Lipinski definition) is 3. The van der Waals surface area contributed by atoms with Crippen molar-refractivity contribution in [2.75, 3.05) is 13.2 Å². The Balaban J connectivity index is 1.84. The van der Waals surface area contributed by atoms with E-state index in [2.05, 4.69) is 6.92 Å². The minimum atomic E-state index is -0.539.